The van der Waals surface area contributed by atoms with Crippen LogP contribution in [0.4, 0.5) is 16.0 Å². The lowest BCUT2D eigenvalue weighted by Gasteiger charge is -2.32. The lowest BCUT2D eigenvalue weighted by atomic mass is 10.1. The van der Waals surface area contributed by atoms with Gasteiger partial charge in [0.25, 0.3) is 0 Å². The number of benzene rings is 1. The highest BCUT2D eigenvalue weighted by molar-refractivity contribution is 5.42. The van der Waals surface area contributed by atoms with Crippen molar-refractivity contribution in [1.82, 2.24) is 19.9 Å². The summed E-state index contributed by atoms with van der Waals surface area (Å²) in [6.45, 7) is 3.58. The van der Waals surface area contributed by atoms with Gasteiger partial charge >= 0.3 is 6.01 Å². The Morgan fingerprint density at radius 1 is 1.17 bits per heavy atom. The van der Waals surface area contributed by atoms with Gasteiger partial charge in [0.05, 0.1) is 6.20 Å². The van der Waals surface area contributed by atoms with Crippen molar-refractivity contribution in [2.75, 3.05) is 23.7 Å². The number of anilines is 2. The maximum absolute atomic E-state index is 13.2. The van der Waals surface area contributed by atoms with Gasteiger partial charge < -0.3 is 20.1 Å². The second-order valence-corrected chi connectivity index (χ2v) is 7.01. The predicted molar refractivity (Wildman–Crippen MR) is 110 cm³/mol. The van der Waals surface area contributed by atoms with Gasteiger partial charge in [0.1, 0.15) is 24.0 Å². The van der Waals surface area contributed by atoms with E-state index in [4.69, 9.17) is 15.2 Å². The first kappa shape index (κ1) is 19.8. The molecule has 2 N–H and O–H groups in total. The van der Waals surface area contributed by atoms with Crippen LogP contribution in [0.1, 0.15) is 25.3 Å². The Balaban J connectivity index is 1.36. The Morgan fingerprint density at radius 3 is 2.77 bits per heavy atom. The largest absolute Gasteiger partial charge is 0.460 e. The number of aromatic nitrogens is 4. The summed E-state index contributed by atoms with van der Waals surface area (Å²) >= 11 is 0. The molecule has 0 saturated carbocycles. The van der Waals surface area contributed by atoms with E-state index in [2.05, 4.69) is 37.8 Å². The molecular formula is C21H23FN6O2. The van der Waals surface area contributed by atoms with Gasteiger partial charge in [-0.3, -0.25) is 0 Å². The van der Waals surface area contributed by atoms with Gasteiger partial charge in [-0.2, -0.15) is 4.98 Å². The van der Waals surface area contributed by atoms with E-state index in [9.17, 15) is 4.39 Å². The number of halogens is 1. The monoisotopic (exact) mass is 410 g/mol. The molecule has 0 atom stereocenters. The fourth-order valence-electron chi connectivity index (χ4n) is 3.28. The lowest BCUT2D eigenvalue weighted by molar-refractivity contribution is 0.156. The summed E-state index contributed by atoms with van der Waals surface area (Å²) in [4.78, 5) is 18.4. The molecule has 156 valence electrons. The van der Waals surface area contributed by atoms with E-state index in [0.717, 1.165) is 50.1 Å². The van der Waals surface area contributed by atoms with Gasteiger partial charge in [0.15, 0.2) is 11.6 Å². The second kappa shape index (κ2) is 8.89. The Kier molecular flexibility index (Phi) is 5.87. The number of rotatable bonds is 6. The average molecular weight is 410 g/mol. The van der Waals surface area contributed by atoms with Gasteiger partial charge in [-0.1, -0.05) is 19.1 Å². The number of nitrogens with two attached hydrogens (primary N) is 1. The molecule has 8 nitrogen and oxygen atoms in total. The summed E-state index contributed by atoms with van der Waals surface area (Å²) < 4.78 is 24.8. The van der Waals surface area contributed by atoms with Crippen LogP contribution in [-0.2, 0) is 6.42 Å². The SMILES string of the molecule is CCc1cccc(Oc2cc(N3CCC(Oc4ncc(F)c(N)n4)CC3)ncn2)c1. The van der Waals surface area contributed by atoms with Gasteiger partial charge in [0.2, 0.25) is 5.88 Å². The first-order valence-corrected chi connectivity index (χ1v) is 9.89. The highest BCUT2D eigenvalue weighted by atomic mass is 19.1. The van der Waals surface area contributed by atoms with Gasteiger partial charge in [-0.15, -0.1) is 0 Å². The number of ether oxygens (including phenoxy) is 2. The minimum Gasteiger partial charge on any atom is -0.460 e. The number of hydrogen-bond donors (Lipinski definition) is 1. The third kappa shape index (κ3) is 4.73. The average Bonchev–Trinajstić information content (AvgIpc) is 2.77. The standard InChI is InChI=1S/C21H23FN6O2/c1-2-14-4-3-5-16(10-14)29-19-11-18(25-13-26-19)28-8-6-15(7-9-28)30-21-24-12-17(22)20(23)27-21/h3-5,10-13,15H,2,6-9H2,1H3,(H2,23,24,27). The number of aryl methyl sites for hydroxylation is 1. The van der Waals surface area contributed by atoms with E-state index in [1.54, 1.807) is 0 Å². The van der Waals surface area contributed by atoms with Gasteiger partial charge in [-0.05, 0) is 24.1 Å². The minimum absolute atomic E-state index is 0.0690. The quantitative estimate of drug-likeness (QED) is 0.660. The van der Waals surface area contributed by atoms with Crippen molar-refractivity contribution in [2.24, 2.45) is 0 Å². The smallest absolute Gasteiger partial charge is 0.318 e. The van der Waals surface area contributed by atoms with Crippen molar-refractivity contribution in [3.63, 3.8) is 0 Å². The zero-order valence-electron chi connectivity index (χ0n) is 16.7. The van der Waals surface area contributed by atoms with E-state index in [1.165, 1.54) is 11.9 Å². The van der Waals surface area contributed by atoms with Crippen LogP contribution in [0.3, 0.4) is 0 Å². The zero-order chi connectivity index (χ0) is 20.9. The van der Waals surface area contributed by atoms with E-state index in [1.807, 2.05) is 24.3 Å². The maximum Gasteiger partial charge on any atom is 0.318 e. The summed E-state index contributed by atoms with van der Waals surface area (Å²) in [5.41, 5.74) is 6.67. The highest BCUT2D eigenvalue weighted by Gasteiger charge is 2.23. The Hall–Kier alpha value is -3.49. The number of nitrogens with zero attached hydrogens (tertiary/aromatic N) is 5. The molecule has 1 fully saturated rings. The fourth-order valence-corrected chi connectivity index (χ4v) is 3.28. The number of hydrogen-bond acceptors (Lipinski definition) is 8. The molecule has 3 heterocycles. The molecule has 30 heavy (non-hydrogen) atoms. The summed E-state index contributed by atoms with van der Waals surface area (Å²) in [5.74, 6) is 1.19. The first-order chi connectivity index (χ1) is 14.6. The van der Waals surface area contributed by atoms with Crippen LogP contribution in [0.15, 0.2) is 42.9 Å². The highest BCUT2D eigenvalue weighted by Crippen LogP contribution is 2.26. The molecule has 0 amide bonds. The summed E-state index contributed by atoms with van der Waals surface area (Å²) in [6, 6.07) is 9.89. The van der Waals surface area contributed by atoms with Crippen molar-refractivity contribution in [3.05, 3.63) is 54.2 Å². The normalized spacial score (nSPS) is 14.5. The Bertz CT molecular complexity index is 1010. The van der Waals surface area contributed by atoms with E-state index in [0.29, 0.717) is 5.88 Å². The molecule has 9 heteroatoms. The van der Waals surface area contributed by atoms with Crippen LogP contribution < -0.4 is 20.1 Å². The third-order valence-electron chi connectivity index (χ3n) is 4.94. The van der Waals surface area contributed by atoms with E-state index >= 15 is 0 Å². The summed E-state index contributed by atoms with van der Waals surface area (Å²) in [7, 11) is 0. The van der Waals surface area contributed by atoms with Gasteiger partial charge in [-0.25, -0.2) is 19.3 Å². The van der Waals surface area contributed by atoms with Crippen LogP contribution in [-0.4, -0.2) is 39.1 Å². The van der Waals surface area contributed by atoms with E-state index in [-0.39, 0.29) is 17.9 Å². The fraction of sp³-hybridized carbons (Fsp3) is 0.333. The maximum atomic E-state index is 13.2. The summed E-state index contributed by atoms with van der Waals surface area (Å²) in [6.07, 6.45) is 4.90. The topological polar surface area (TPSA) is 99.3 Å². The van der Waals surface area contributed by atoms with Crippen molar-refractivity contribution < 1.29 is 13.9 Å². The number of nitrogen functional groups attached to an aromatic ring is 1. The molecule has 1 aromatic carbocycles. The van der Waals surface area contributed by atoms with Crippen molar-refractivity contribution >= 4 is 11.6 Å². The Labute approximate surface area is 173 Å². The lowest BCUT2D eigenvalue weighted by Crippen LogP contribution is -2.39. The number of piperidine rings is 1. The van der Waals surface area contributed by atoms with Crippen LogP contribution in [0.5, 0.6) is 17.6 Å². The van der Waals surface area contributed by atoms with Crippen molar-refractivity contribution in [1.29, 1.82) is 0 Å². The molecule has 1 saturated heterocycles. The molecule has 1 aliphatic heterocycles. The summed E-state index contributed by atoms with van der Waals surface area (Å²) in [5, 5.41) is 0. The van der Waals surface area contributed by atoms with E-state index < -0.39 is 5.82 Å². The second-order valence-electron chi connectivity index (χ2n) is 7.01. The zero-order valence-corrected chi connectivity index (χ0v) is 16.7. The molecule has 3 aromatic rings. The third-order valence-corrected chi connectivity index (χ3v) is 4.94. The Morgan fingerprint density at radius 2 is 2.00 bits per heavy atom. The van der Waals surface area contributed by atoms with Crippen LogP contribution >= 0.6 is 0 Å². The minimum atomic E-state index is -0.652. The van der Waals surface area contributed by atoms with Crippen LogP contribution in [0.25, 0.3) is 0 Å². The molecule has 0 unspecified atom stereocenters. The molecular weight excluding hydrogens is 387 g/mol. The van der Waals surface area contributed by atoms with Crippen molar-refractivity contribution in [2.45, 2.75) is 32.3 Å². The van der Waals surface area contributed by atoms with Crippen LogP contribution in [0.2, 0.25) is 0 Å². The molecule has 0 bridgehead atoms. The van der Waals surface area contributed by atoms with Crippen molar-refractivity contribution in [3.8, 4) is 17.6 Å². The molecule has 0 spiro atoms. The first-order valence-electron chi connectivity index (χ1n) is 9.89. The molecule has 1 aliphatic rings. The molecule has 2 aromatic heterocycles. The molecule has 0 radical (unpaired) electrons. The molecule has 0 aliphatic carbocycles. The predicted octanol–water partition coefficient (Wildman–Crippen LogP) is 3.39. The van der Waals surface area contributed by atoms with Crippen LogP contribution in [0, 0.1) is 5.82 Å². The molecule has 4 rings (SSSR count). The van der Waals surface area contributed by atoms with Gasteiger partial charge in [0, 0.05) is 32.0 Å².